The van der Waals surface area contributed by atoms with Gasteiger partial charge < -0.3 is 10.1 Å². The lowest BCUT2D eigenvalue weighted by Gasteiger charge is -2.10. The van der Waals surface area contributed by atoms with Gasteiger partial charge in [-0.2, -0.15) is 0 Å². The van der Waals surface area contributed by atoms with Gasteiger partial charge in [-0.3, -0.25) is 4.79 Å². The largest absolute Gasteiger partial charge is 0.383 e. The predicted octanol–water partition coefficient (Wildman–Crippen LogP) is 2.98. The van der Waals surface area contributed by atoms with Crippen molar-refractivity contribution in [3.8, 4) is 0 Å². The van der Waals surface area contributed by atoms with Crippen LogP contribution >= 0.6 is 15.9 Å². The second kappa shape index (κ2) is 6.68. The molecule has 0 aliphatic carbocycles. The van der Waals surface area contributed by atoms with Gasteiger partial charge in [-0.25, -0.2) is 0 Å². The van der Waals surface area contributed by atoms with E-state index in [2.05, 4.69) is 21.2 Å². The summed E-state index contributed by atoms with van der Waals surface area (Å²) in [6.07, 6.45) is 0. The van der Waals surface area contributed by atoms with Gasteiger partial charge in [-0.1, -0.05) is 46.3 Å². The molecule has 3 nitrogen and oxygen atoms in total. The molecule has 0 saturated carbocycles. The number of hydrogen-bond acceptors (Lipinski definition) is 2. The molecule has 1 atom stereocenters. The average Bonchev–Trinajstić information content (AvgIpc) is 2.44. The van der Waals surface area contributed by atoms with Crippen LogP contribution < -0.4 is 5.32 Å². The number of methoxy groups -OCH3 is 1. The maximum absolute atomic E-state index is 12.0. The third kappa shape index (κ3) is 3.78. The molecule has 0 aliphatic heterocycles. The van der Waals surface area contributed by atoms with Crippen molar-refractivity contribution in [2.45, 2.75) is 4.83 Å². The van der Waals surface area contributed by atoms with Crippen molar-refractivity contribution in [1.29, 1.82) is 0 Å². The van der Waals surface area contributed by atoms with E-state index in [1.165, 1.54) is 0 Å². The maximum atomic E-state index is 12.0. The molecule has 19 heavy (non-hydrogen) atoms. The summed E-state index contributed by atoms with van der Waals surface area (Å²) in [4.78, 5) is 12.2. The highest BCUT2D eigenvalue weighted by atomic mass is 79.9. The first-order valence-electron chi connectivity index (χ1n) is 6.10. The van der Waals surface area contributed by atoms with Crippen LogP contribution in [-0.4, -0.2) is 31.0 Å². The molecule has 0 aromatic heterocycles. The van der Waals surface area contributed by atoms with Crippen LogP contribution in [0.5, 0.6) is 0 Å². The topological polar surface area (TPSA) is 38.3 Å². The quantitative estimate of drug-likeness (QED) is 0.860. The van der Waals surface area contributed by atoms with E-state index in [1.807, 2.05) is 42.5 Å². The van der Waals surface area contributed by atoms with E-state index in [0.717, 1.165) is 10.8 Å². The second-order valence-electron chi connectivity index (χ2n) is 4.32. The Morgan fingerprint density at radius 1 is 1.26 bits per heavy atom. The number of hydrogen-bond donors (Lipinski definition) is 1. The molecule has 0 spiro atoms. The van der Waals surface area contributed by atoms with Crippen molar-refractivity contribution < 1.29 is 9.53 Å². The van der Waals surface area contributed by atoms with Gasteiger partial charge in [0.2, 0.25) is 0 Å². The SMILES string of the molecule is COCC(Br)CNC(=O)c1ccc2ccccc2c1. The standard InChI is InChI=1S/C15H16BrNO2/c1-19-10-14(16)9-17-15(18)13-7-6-11-4-2-3-5-12(11)8-13/h2-8,14H,9-10H2,1H3,(H,17,18). The minimum Gasteiger partial charge on any atom is -0.383 e. The first-order chi connectivity index (χ1) is 9.20. The Bertz CT molecular complexity index is 571. The smallest absolute Gasteiger partial charge is 0.251 e. The maximum Gasteiger partial charge on any atom is 0.251 e. The van der Waals surface area contributed by atoms with Crippen LogP contribution in [0.4, 0.5) is 0 Å². The van der Waals surface area contributed by atoms with Gasteiger partial charge in [0.25, 0.3) is 5.91 Å². The van der Waals surface area contributed by atoms with Crippen LogP contribution in [0.1, 0.15) is 10.4 Å². The lowest BCUT2D eigenvalue weighted by Crippen LogP contribution is -2.31. The molecule has 1 unspecified atom stereocenters. The molecular formula is C15H16BrNO2. The van der Waals surface area contributed by atoms with Crippen molar-refractivity contribution in [3.05, 3.63) is 48.0 Å². The lowest BCUT2D eigenvalue weighted by atomic mass is 10.1. The zero-order valence-electron chi connectivity index (χ0n) is 10.7. The third-order valence-electron chi connectivity index (χ3n) is 2.84. The summed E-state index contributed by atoms with van der Waals surface area (Å²) in [5.74, 6) is -0.0636. The summed E-state index contributed by atoms with van der Waals surface area (Å²) >= 11 is 3.44. The molecule has 0 saturated heterocycles. The van der Waals surface area contributed by atoms with Crippen LogP contribution in [0.2, 0.25) is 0 Å². The van der Waals surface area contributed by atoms with E-state index < -0.39 is 0 Å². The van der Waals surface area contributed by atoms with Crippen molar-refractivity contribution >= 4 is 32.6 Å². The van der Waals surface area contributed by atoms with Gasteiger partial charge in [-0.15, -0.1) is 0 Å². The van der Waals surface area contributed by atoms with E-state index in [0.29, 0.717) is 18.7 Å². The van der Waals surface area contributed by atoms with Crippen LogP contribution in [-0.2, 0) is 4.74 Å². The van der Waals surface area contributed by atoms with Crippen molar-refractivity contribution in [2.24, 2.45) is 0 Å². The van der Waals surface area contributed by atoms with Crippen LogP contribution in [0.15, 0.2) is 42.5 Å². The molecule has 0 aliphatic rings. The normalized spacial score (nSPS) is 12.3. The first-order valence-corrected chi connectivity index (χ1v) is 7.02. The summed E-state index contributed by atoms with van der Waals surface area (Å²) < 4.78 is 5.00. The fourth-order valence-corrected chi connectivity index (χ4v) is 2.30. The molecule has 1 N–H and O–H groups in total. The minimum atomic E-state index is -0.0636. The van der Waals surface area contributed by atoms with Gasteiger partial charge in [0.05, 0.1) is 11.4 Å². The Balaban J connectivity index is 2.05. The molecule has 4 heteroatoms. The van der Waals surface area contributed by atoms with Crippen LogP contribution in [0, 0.1) is 0 Å². The third-order valence-corrected chi connectivity index (χ3v) is 3.43. The van der Waals surface area contributed by atoms with Crippen LogP contribution in [0.3, 0.4) is 0 Å². The van der Waals surface area contributed by atoms with E-state index in [1.54, 1.807) is 7.11 Å². The van der Waals surface area contributed by atoms with Gasteiger partial charge in [0, 0.05) is 19.2 Å². The molecule has 1 amide bonds. The second-order valence-corrected chi connectivity index (χ2v) is 5.62. The van der Waals surface area contributed by atoms with Crippen molar-refractivity contribution in [3.63, 3.8) is 0 Å². The summed E-state index contributed by atoms with van der Waals surface area (Å²) in [7, 11) is 1.64. The van der Waals surface area contributed by atoms with E-state index in [9.17, 15) is 4.79 Å². The number of ether oxygens (including phenoxy) is 1. The highest BCUT2D eigenvalue weighted by molar-refractivity contribution is 9.09. The van der Waals surface area contributed by atoms with E-state index in [-0.39, 0.29) is 10.7 Å². The number of benzene rings is 2. The lowest BCUT2D eigenvalue weighted by molar-refractivity contribution is 0.0950. The number of carbonyl (C=O) groups excluding carboxylic acids is 1. The highest BCUT2D eigenvalue weighted by Gasteiger charge is 2.09. The number of halogens is 1. The molecule has 0 fully saturated rings. The molecular weight excluding hydrogens is 306 g/mol. The van der Waals surface area contributed by atoms with E-state index >= 15 is 0 Å². The van der Waals surface area contributed by atoms with Gasteiger partial charge in [0.15, 0.2) is 0 Å². The number of alkyl halides is 1. The molecule has 0 heterocycles. The Kier molecular flexibility index (Phi) is 4.93. The molecule has 2 aromatic rings. The minimum absolute atomic E-state index is 0.0636. The van der Waals surface area contributed by atoms with Crippen LogP contribution in [0.25, 0.3) is 10.8 Å². The number of carbonyl (C=O) groups is 1. The average molecular weight is 322 g/mol. The molecule has 2 rings (SSSR count). The number of nitrogens with one attached hydrogen (secondary N) is 1. The van der Waals surface area contributed by atoms with Crippen molar-refractivity contribution in [2.75, 3.05) is 20.3 Å². The van der Waals surface area contributed by atoms with Gasteiger partial charge in [-0.05, 0) is 22.9 Å². The summed E-state index contributed by atoms with van der Waals surface area (Å²) in [5.41, 5.74) is 0.677. The zero-order chi connectivity index (χ0) is 13.7. The Labute approximate surface area is 121 Å². The van der Waals surface area contributed by atoms with Gasteiger partial charge >= 0.3 is 0 Å². The molecule has 100 valence electrons. The van der Waals surface area contributed by atoms with E-state index in [4.69, 9.17) is 4.74 Å². The zero-order valence-corrected chi connectivity index (χ0v) is 12.3. The predicted molar refractivity (Wildman–Crippen MR) is 80.9 cm³/mol. The number of fused-ring (bicyclic) bond motifs is 1. The number of rotatable bonds is 5. The fraction of sp³-hybridized carbons (Fsp3) is 0.267. The van der Waals surface area contributed by atoms with Crippen molar-refractivity contribution in [1.82, 2.24) is 5.32 Å². The fourth-order valence-electron chi connectivity index (χ4n) is 1.88. The molecule has 2 aromatic carbocycles. The summed E-state index contributed by atoms with van der Waals surface area (Å²) in [6, 6.07) is 13.7. The summed E-state index contributed by atoms with van der Waals surface area (Å²) in [5, 5.41) is 5.09. The first kappa shape index (κ1) is 14.0. The number of amides is 1. The Morgan fingerprint density at radius 2 is 2.00 bits per heavy atom. The highest BCUT2D eigenvalue weighted by Crippen LogP contribution is 2.15. The monoisotopic (exact) mass is 321 g/mol. The molecule has 0 bridgehead atoms. The summed E-state index contributed by atoms with van der Waals surface area (Å²) in [6.45, 7) is 1.11. The molecule has 0 radical (unpaired) electrons. The van der Waals surface area contributed by atoms with Gasteiger partial charge in [0.1, 0.15) is 0 Å². The Morgan fingerprint density at radius 3 is 2.74 bits per heavy atom. The Hall–Kier alpha value is -1.39.